The maximum Gasteiger partial charge on any atom is 0.146 e. The molecule has 0 bridgehead atoms. The van der Waals surface area contributed by atoms with Gasteiger partial charge in [0.05, 0.1) is 12.3 Å². The molecule has 92 valence electrons. The smallest absolute Gasteiger partial charge is 0.146 e. The van der Waals surface area contributed by atoms with Crippen LogP contribution in [0.15, 0.2) is 18.2 Å². The predicted octanol–water partition coefficient (Wildman–Crippen LogP) is 1.91. The molecule has 0 spiro atoms. The van der Waals surface area contributed by atoms with Crippen molar-refractivity contribution < 1.29 is 9.13 Å². The van der Waals surface area contributed by atoms with Crippen LogP contribution in [-0.2, 0) is 4.74 Å². The topological polar surface area (TPSA) is 47.3 Å². The molecule has 1 aliphatic heterocycles. The number of nitrogens with one attached hydrogen (secondary N) is 1. The number of halogens is 1. The van der Waals surface area contributed by atoms with E-state index in [2.05, 4.69) is 5.32 Å². The van der Waals surface area contributed by atoms with E-state index in [-0.39, 0.29) is 10.8 Å². The Bertz CT molecular complexity index is 419. The third-order valence-corrected chi connectivity index (χ3v) is 3.09. The number of thiocarbonyl (C=S) groups is 1. The first-order valence-corrected chi connectivity index (χ1v) is 5.98. The summed E-state index contributed by atoms with van der Waals surface area (Å²) in [6.07, 6.45) is 1.03. The number of nitrogens with two attached hydrogens (primary N) is 1. The molecule has 1 fully saturated rings. The van der Waals surface area contributed by atoms with Gasteiger partial charge in [0.25, 0.3) is 0 Å². The minimum Gasteiger partial charge on any atom is -0.389 e. The van der Waals surface area contributed by atoms with E-state index in [4.69, 9.17) is 22.7 Å². The van der Waals surface area contributed by atoms with Gasteiger partial charge in [0.2, 0.25) is 0 Å². The SMILES string of the molecule is NC(=S)c1ccc(NCC2CCOC2)c(F)c1. The summed E-state index contributed by atoms with van der Waals surface area (Å²) < 4.78 is 18.9. The van der Waals surface area contributed by atoms with Gasteiger partial charge in [-0.2, -0.15) is 0 Å². The molecule has 1 aliphatic rings. The van der Waals surface area contributed by atoms with E-state index >= 15 is 0 Å². The molecule has 17 heavy (non-hydrogen) atoms. The van der Waals surface area contributed by atoms with Crippen LogP contribution in [0.2, 0.25) is 0 Å². The first kappa shape index (κ1) is 12.3. The lowest BCUT2D eigenvalue weighted by molar-refractivity contribution is 0.187. The molecular weight excluding hydrogens is 239 g/mol. The molecule has 3 N–H and O–H groups in total. The average molecular weight is 254 g/mol. The largest absolute Gasteiger partial charge is 0.389 e. The Labute approximate surface area is 105 Å². The zero-order valence-electron chi connectivity index (χ0n) is 9.41. The third-order valence-electron chi connectivity index (χ3n) is 2.86. The first-order valence-electron chi connectivity index (χ1n) is 5.58. The van der Waals surface area contributed by atoms with Crippen molar-refractivity contribution in [2.24, 2.45) is 11.7 Å². The second kappa shape index (κ2) is 5.42. The minimum atomic E-state index is -0.325. The van der Waals surface area contributed by atoms with Gasteiger partial charge in [-0.05, 0) is 24.6 Å². The van der Waals surface area contributed by atoms with Gasteiger partial charge >= 0.3 is 0 Å². The molecule has 2 rings (SSSR count). The third kappa shape index (κ3) is 3.14. The van der Waals surface area contributed by atoms with Gasteiger partial charge in [-0.25, -0.2) is 4.39 Å². The minimum absolute atomic E-state index is 0.208. The molecule has 1 unspecified atom stereocenters. The van der Waals surface area contributed by atoms with Crippen molar-refractivity contribution in [3.63, 3.8) is 0 Å². The Kier molecular flexibility index (Phi) is 3.91. The summed E-state index contributed by atoms with van der Waals surface area (Å²) >= 11 is 4.79. The van der Waals surface area contributed by atoms with E-state index in [9.17, 15) is 4.39 Å². The molecule has 0 aromatic heterocycles. The molecule has 0 aliphatic carbocycles. The molecule has 0 amide bonds. The number of benzene rings is 1. The lowest BCUT2D eigenvalue weighted by atomic mass is 10.1. The lowest BCUT2D eigenvalue weighted by Gasteiger charge is -2.12. The highest BCUT2D eigenvalue weighted by molar-refractivity contribution is 7.80. The molecule has 1 saturated heterocycles. The highest BCUT2D eigenvalue weighted by Gasteiger charge is 2.15. The number of anilines is 1. The molecule has 0 radical (unpaired) electrons. The van der Waals surface area contributed by atoms with Crippen molar-refractivity contribution in [3.05, 3.63) is 29.6 Å². The lowest BCUT2D eigenvalue weighted by Crippen LogP contribution is -2.15. The van der Waals surface area contributed by atoms with Crippen LogP contribution in [0.3, 0.4) is 0 Å². The highest BCUT2D eigenvalue weighted by Crippen LogP contribution is 2.18. The summed E-state index contributed by atoms with van der Waals surface area (Å²) in [5.74, 6) is 0.138. The fourth-order valence-electron chi connectivity index (χ4n) is 1.81. The van der Waals surface area contributed by atoms with Gasteiger partial charge in [-0.3, -0.25) is 0 Å². The van der Waals surface area contributed by atoms with Crippen LogP contribution < -0.4 is 11.1 Å². The number of hydrogen-bond acceptors (Lipinski definition) is 3. The second-order valence-electron chi connectivity index (χ2n) is 4.17. The van der Waals surface area contributed by atoms with Crippen molar-refractivity contribution in [1.29, 1.82) is 0 Å². The molecule has 0 saturated carbocycles. The van der Waals surface area contributed by atoms with Gasteiger partial charge in [0.1, 0.15) is 10.8 Å². The number of ether oxygens (including phenoxy) is 1. The fourth-order valence-corrected chi connectivity index (χ4v) is 1.94. The summed E-state index contributed by atoms with van der Waals surface area (Å²) in [6.45, 7) is 2.28. The fraction of sp³-hybridized carbons (Fsp3) is 0.417. The number of rotatable bonds is 4. The van der Waals surface area contributed by atoms with Crippen LogP contribution in [-0.4, -0.2) is 24.7 Å². The van der Waals surface area contributed by atoms with Crippen molar-refractivity contribution >= 4 is 22.9 Å². The maximum absolute atomic E-state index is 13.7. The maximum atomic E-state index is 13.7. The first-order chi connectivity index (χ1) is 8.16. The van der Waals surface area contributed by atoms with Crippen LogP contribution in [0.5, 0.6) is 0 Å². The number of hydrogen-bond donors (Lipinski definition) is 2. The van der Waals surface area contributed by atoms with Crippen LogP contribution in [0.4, 0.5) is 10.1 Å². The molecule has 5 heteroatoms. The second-order valence-corrected chi connectivity index (χ2v) is 4.61. The van der Waals surface area contributed by atoms with Gasteiger partial charge in [0, 0.05) is 24.6 Å². The highest BCUT2D eigenvalue weighted by atomic mass is 32.1. The van der Waals surface area contributed by atoms with Gasteiger partial charge in [-0.1, -0.05) is 12.2 Å². The summed E-state index contributed by atoms with van der Waals surface area (Å²) in [6, 6.07) is 4.74. The van der Waals surface area contributed by atoms with Crippen molar-refractivity contribution in [2.75, 3.05) is 25.1 Å². The summed E-state index contributed by atoms with van der Waals surface area (Å²) in [4.78, 5) is 0.208. The summed E-state index contributed by atoms with van der Waals surface area (Å²) in [5.41, 5.74) is 6.47. The zero-order chi connectivity index (χ0) is 12.3. The predicted molar refractivity (Wildman–Crippen MR) is 69.7 cm³/mol. The summed E-state index contributed by atoms with van der Waals surface area (Å²) in [5, 5.41) is 3.08. The molecule has 1 aromatic rings. The zero-order valence-corrected chi connectivity index (χ0v) is 10.2. The van der Waals surface area contributed by atoms with Gasteiger partial charge < -0.3 is 15.8 Å². The molecule has 1 atom stereocenters. The van der Waals surface area contributed by atoms with Gasteiger partial charge in [-0.15, -0.1) is 0 Å². The molecule has 1 aromatic carbocycles. The van der Waals surface area contributed by atoms with Gasteiger partial charge in [0.15, 0.2) is 0 Å². The van der Waals surface area contributed by atoms with E-state index in [1.807, 2.05) is 0 Å². The summed E-state index contributed by atoms with van der Waals surface area (Å²) in [7, 11) is 0. The van der Waals surface area contributed by atoms with Crippen molar-refractivity contribution in [1.82, 2.24) is 0 Å². The molecule has 1 heterocycles. The van der Waals surface area contributed by atoms with E-state index in [0.29, 0.717) is 17.2 Å². The normalized spacial score (nSPS) is 19.2. The van der Waals surface area contributed by atoms with E-state index < -0.39 is 0 Å². The Morgan fingerprint density at radius 3 is 3.00 bits per heavy atom. The van der Waals surface area contributed by atoms with E-state index in [0.717, 1.165) is 26.2 Å². The molecular formula is C12H15FN2OS. The van der Waals surface area contributed by atoms with Crippen molar-refractivity contribution in [2.45, 2.75) is 6.42 Å². The molecule has 3 nitrogen and oxygen atoms in total. The monoisotopic (exact) mass is 254 g/mol. The Morgan fingerprint density at radius 1 is 1.59 bits per heavy atom. The average Bonchev–Trinajstić information content (AvgIpc) is 2.80. The Morgan fingerprint density at radius 2 is 2.41 bits per heavy atom. The quantitative estimate of drug-likeness (QED) is 0.806. The van der Waals surface area contributed by atoms with Crippen LogP contribution >= 0.6 is 12.2 Å². The van der Waals surface area contributed by atoms with Crippen molar-refractivity contribution in [3.8, 4) is 0 Å². The Hall–Kier alpha value is -1.20. The standard InChI is InChI=1S/C12H15FN2OS/c13-10-5-9(12(14)17)1-2-11(10)15-6-8-3-4-16-7-8/h1-2,5,8,15H,3-4,6-7H2,(H2,14,17). The van der Waals surface area contributed by atoms with Crippen LogP contribution in [0, 0.1) is 11.7 Å². The van der Waals surface area contributed by atoms with Crippen LogP contribution in [0.1, 0.15) is 12.0 Å². The van der Waals surface area contributed by atoms with E-state index in [1.54, 1.807) is 12.1 Å². The van der Waals surface area contributed by atoms with Crippen LogP contribution in [0.25, 0.3) is 0 Å². The Balaban J connectivity index is 1.98. The van der Waals surface area contributed by atoms with E-state index in [1.165, 1.54) is 6.07 Å².